The zero-order valence-corrected chi connectivity index (χ0v) is 11.6. The van der Waals surface area contributed by atoms with Gasteiger partial charge in [-0.05, 0) is 36.5 Å². The molecule has 1 aliphatic rings. The molecule has 1 aliphatic carbocycles. The molecule has 3 N–H and O–H groups in total. The minimum absolute atomic E-state index is 0.0736. The standard InChI is InChI=1S/C15H22N2O2/c1-11(2)12-4-3-5-13(8-12)19-10-15(6-7-15)9-14(16)17-18/h3-5,8,11,18H,6-7,9-10H2,1-2H3,(H2,16,17). The van der Waals surface area contributed by atoms with Crippen molar-refractivity contribution in [1.29, 1.82) is 0 Å². The van der Waals surface area contributed by atoms with Crippen LogP contribution in [0.2, 0.25) is 0 Å². The molecule has 1 saturated carbocycles. The van der Waals surface area contributed by atoms with E-state index in [2.05, 4.69) is 31.1 Å². The Morgan fingerprint density at radius 3 is 2.79 bits per heavy atom. The van der Waals surface area contributed by atoms with Crippen molar-refractivity contribution in [2.24, 2.45) is 16.3 Å². The lowest BCUT2D eigenvalue weighted by Crippen LogP contribution is -2.22. The topological polar surface area (TPSA) is 67.8 Å². The fourth-order valence-electron chi connectivity index (χ4n) is 2.17. The summed E-state index contributed by atoms with van der Waals surface area (Å²) >= 11 is 0. The van der Waals surface area contributed by atoms with Crippen molar-refractivity contribution in [3.63, 3.8) is 0 Å². The van der Waals surface area contributed by atoms with Gasteiger partial charge in [-0.25, -0.2) is 0 Å². The van der Waals surface area contributed by atoms with Gasteiger partial charge >= 0.3 is 0 Å². The largest absolute Gasteiger partial charge is 0.493 e. The van der Waals surface area contributed by atoms with Crippen molar-refractivity contribution in [2.45, 2.75) is 39.0 Å². The Morgan fingerprint density at radius 1 is 1.47 bits per heavy atom. The van der Waals surface area contributed by atoms with E-state index in [9.17, 15) is 0 Å². The van der Waals surface area contributed by atoms with Crippen LogP contribution in [0.4, 0.5) is 0 Å². The maximum absolute atomic E-state index is 8.63. The van der Waals surface area contributed by atoms with Crippen LogP contribution < -0.4 is 10.5 Å². The Labute approximate surface area is 114 Å². The van der Waals surface area contributed by atoms with Crippen molar-refractivity contribution >= 4 is 5.84 Å². The van der Waals surface area contributed by atoms with Gasteiger partial charge in [0.2, 0.25) is 0 Å². The number of hydrogen-bond acceptors (Lipinski definition) is 3. The van der Waals surface area contributed by atoms with Crippen molar-refractivity contribution in [2.75, 3.05) is 6.61 Å². The van der Waals surface area contributed by atoms with Crippen LogP contribution in [0.15, 0.2) is 29.4 Å². The van der Waals surface area contributed by atoms with Crippen LogP contribution in [0, 0.1) is 5.41 Å². The molecule has 0 aromatic heterocycles. The van der Waals surface area contributed by atoms with Gasteiger partial charge in [-0.2, -0.15) is 0 Å². The lowest BCUT2D eigenvalue weighted by molar-refractivity contribution is 0.236. The molecule has 0 aliphatic heterocycles. The summed E-state index contributed by atoms with van der Waals surface area (Å²) < 4.78 is 5.88. The summed E-state index contributed by atoms with van der Waals surface area (Å²) in [5.41, 5.74) is 6.93. The summed E-state index contributed by atoms with van der Waals surface area (Å²) in [4.78, 5) is 0. The molecule has 2 rings (SSSR count). The first-order chi connectivity index (χ1) is 9.04. The number of hydrogen-bond donors (Lipinski definition) is 2. The van der Waals surface area contributed by atoms with Gasteiger partial charge < -0.3 is 15.7 Å². The van der Waals surface area contributed by atoms with Crippen LogP contribution in [0.1, 0.15) is 44.6 Å². The summed E-state index contributed by atoms with van der Waals surface area (Å²) in [5, 5.41) is 11.7. The van der Waals surface area contributed by atoms with Crippen molar-refractivity contribution in [1.82, 2.24) is 0 Å². The maximum atomic E-state index is 8.63. The van der Waals surface area contributed by atoms with Gasteiger partial charge in [-0.3, -0.25) is 0 Å². The first kappa shape index (κ1) is 13.7. The van der Waals surface area contributed by atoms with Gasteiger partial charge in [-0.1, -0.05) is 31.1 Å². The monoisotopic (exact) mass is 262 g/mol. The zero-order chi connectivity index (χ0) is 13.9. The normalized spacial score (nSPS) is 17.5. The first-order valence-corrected chi connectivity index (χ1v) is 6.74. The Bertz CT molecular complexity index is 465. The van der Waals surface area contributed by atoms with Gasteiger partial charge in [0.05, 0.1) is 6.61 Å². The quantitative estimate of drug-likeness (QED) is 0.358. The second kappa shape index (κ2) is 5.51. The van der Waals surface area contributed by atoms with Crippen LogP contribution in [0.3, 0.4) is 0 Å². The Morgan fingerprint density at radius 2 is 2.21 bits per heavy atom. The minimum atomic E-state index is 0.0736. The van der Waals surface area contributed by atoms with Gasteiger partial charge in [0.15, 0.2) is 0 Å². The second-order valence-corrected chi connectivity index (χ2v) is 5.78. The number of oxime groups is 1. The third-order valence-electron chi connectivity index (χ3n) is 3.71. The second-order valence-electron chi connectivity index (χ2n) is 5.78. The molecular formula is C15H22N2O2. The summed E-state index contributed by atoms with van der Waals surface area (Å²) in [6.07, 6.45) is 2.76. The van der Waals surface area contributed by atoms with E-state index < -0.39 is 0 Å². The number of nitrogens with zero attached hydrogens (tertiary/aromatic N) is 1. The van der Waals surface area contributed by atoms with Crippen LogP contribution in [0.5, 0.6) is 5.75 Å². The fraction of sp³-hybridized carbons (Fsp3) is 0.533. The molecule has 4 heteroatoms. The number of nitrogens with two attached hydrogens (primary N) is 1. The highest BCUT2D eigenvalue weighted by Gasteiger charge is 2.44. The predicted molar refractivity (Wildman–Crippen MR) is 75.7 cm³/mol. The minimum Gasteiger partial charge on any atom is -0.493 e. The lowest BCUT2D eigenvalue weighted by atomic mass is 10.0. The molecule has 1 aromatic carbocycles. The fourth-order valence-corrected chi connectivity index (χ4v) is 2.17. The average Bonchev–Trinajstić information content (AvgIpc) is 3.17. The van der Waals surface area contributed by atoms with E-state index in [4.69, 9.17) is 15.7 Å². The highest BCUT2D eigenvalue weighted by atomic mass is 16.5. The van der Waals surface area contributed by atoms with Gasteiger partial charge in [0.25, 0.3) is 0 Å². The SMILES string of the molecule is CC(C)c1cccc(OCC2(CC(N)=NO)CC2)c1. The molecule has 0 saturated heterocycles. The first-order valence-electron chi connectivity index (χ1n) is 6.74. The smallest absolute Gasteiger partial charge is 0.139 e. The van der Waals surface area contributed by atoms with Crippen LogP contribution in [-0.2, 0) is 0 Å². The van der Waals surface area contributed by atoms with E-state index in [1.165, 1.54) is 5.56 Å². The number of benzene rings is 1. The third-order valence-corrected chi connectivity index (χ3v) is 3.71. The summed E-state index contributed by atoms with van der Waals surface area (Å²) in [6, 6.07) is 8.20. The van der Waals surface area contributed by atoms with Gasteiger partial charge in [-0.15, -0.1) is 0 Å². The van der Waals surface area contributed by atoms with Crippen molar-refractivity contribution < 1.29 is 9.94 Å². The highest BCUT2D eigenvalue weighted by molar-refractivity contribution is 5.80. The van der Waals surface area contributed by atoms with E-state index in [1.807, 2.05) is 12.1 Å². The van der Waals surface area contributed by atoms with Crippen LogP contribution >= 0.6 is 0 Å². The molecule has 1 fully saturated rings. The molecule has 1 aromatic rings. The predicted octanol–water partition coefficient (Wildman–Crippen LogP) is 3.11. The molecule has 19 heavy (non-hydrogen) atoms. The molecule has 0 atom stereocenters. The Kier molecular flexibility index (Phi) is 3.98. The van der Waals surface area contributed by atoms with E-state index in [-0.39, 0.29) is 11.3 Å². The van der Waals surface area contributed by atoms with E-state index in [1.54, 1.807) is 0 Å². The van der Waals surface area contributed by atoms with Crippen molar-refractivity contribution in [3.8, 4) is 5.75 Å². The van der Waals surface area contributed by atoms with E-state index in [0.717, 1.165) is 18.6 Å². The molecular weight excluding hydrogens is 240 g/mol. The number of ether oxygens (including phenoxy) is 1. The highest BCUT2D eigenvalue weighted by Crippen LogP contribution is 2.49. The number of amidine groups is 1. The number of rotatable bonds is 6. The molecule has 0 spiro atoms. The van der Waals surface area contributed by atoms with Crippen LogP contribution in [0.25, 0.3) is 0 Å². The maximum Gasteiger partial charge on any atom is 0.139 e. The Hall–Kier alpha value is -1.71. The molecule has 0 radical (unpaired) electrons. The lowest BCUT2D eigenvalue weighted by Gasteiger charge is -2.16. The van der Waals surface area contributed by atoms with E-state index in [0.29, 0.717) is 18.9 Å². The van der Waals surface area contributed by atoms with E-state index >= 15 is 0 Å². The summed E-state index contributed by atoms with van der Waals surface area (Å²) in [7, 11) is 0. The Balaban J connectivity index is 1.94. The molecule has 0 bridgehead atoms. The van der Waals surface area contributed by atoms with Crippen molar-refractivity contribution in [3.05, 3.63) is 29.8 Å². The molecule has 0 heterocycles. The molecule has 0 amide bonds. The molecule has 104 valence electrons. The van der Waals surface area contributed by atoms with Crippen LogP contribution in [-0.4, -0.2) is 17.6 Å². The van der Waals surface area contributed by atoms with Gasteiger partial charge in [0.1, 0.15) is 11.6 Å². The van der Waals surface area contributed by atoms with Gasteiger partial charge in [0, 0.05) is 11.8 Å². The summed E-state index contributed by atoms with van der Waals surface area (Å²) in [5.74, 6) is 1.68. The molecule has 0 unspecified atom stereocenters. The average molecular weight is 262 g/mol. The molecule has 4 nitrogen and oxygen atoms in total. The summed E-state index contributed by atoms with van der Waals surface area (Å²) in [6.45, 7) is 4.96. The zero-order valence-electron chi connectivity index (χ0n) is 11.6. The third kappa shape index (κ3) is 3.63.